The number of rotatable bonds is 5. The van der Waals surface area contributed by atoms with Gasteiger partial charge in [0.15, 0.2) is 17.5 Å². The summed E-state index contributed by atoms with van der Waals surface area (Å²) in [6.45, 7) is 4.40. The highest BCUT2D eigenvalue weighted by atomic mass is 32.1. The molecule has 0 aliphatic heterocycles. The maximum atomic E-state index is 5.23. The molecule has 3 nitrogen and oxygen atoms in total. The lowest BCUT2D eigenvalue weighted by atomic mass is 9.89. The Kier molecular flexibility index (Phi) is 7.31. The van der Waals surface area contributed by atoms with Gasteiger partial charge in [0.25, 0.3) is 0 Å². The molecule has 52 heavy (non-hydrogen) atoms. The van der Waals surface area contributed by atoms with E-state index < -0.39 is 0 Å². The zero-order valence-corrected chi connectivity index (χ0v) is 30.2. The Hall–Kier alpha value is -6.01. The molecular weight excluding hydrogens is 671 g/mol. The van der Waals surface area contributed by atoms with Crippen LogP contribution in [0.15, 0.2) is 152 Å². The zero-order valence-electron chi connectivity index (χ0n) is 28.6. The summed E-state index contributed by atoms with van der Waals surface area (Å²) in [6, 6.07) is 54.1. The second kappa shape index (κ2) is 12.3. The lowest BCUT2D eigenvalue weighted by molar-refractivity contribution is 1.07. The standard InChI is InChI=1S/C47H31N3S2/c1-28-12-10-18-37(43(28)33-24-22-31(26-29(33)2)34-17-11-21-42-44(34)36-16-7-9-20-40(36)52-42)47-49-45(30-13-4-3-5-14-30)48-46(50-47)32-23-25-41-38(27-32)35-15-6-8-19-39(35)51-41/h3-27H,1-2H3. The molecule has 0 bridgehead atoms. The number of thiophene rings is 2. The van der Waals surface area contributed by atoms with E-state index in [0.717, 1.165) is 22.3 Å². The van der Waals surface area contributed by atoms with Gasteiger partial charge in [-0.3, -0.25) is 0 Å². The van der Waals surface area contributed by atoms with Crippen molar-refractivity contribution in [2.45, 2.75) is 13.8 Å². The molecule has 246 valence electrons. The summed E-state index contributed by atoms with van der Waals surface area (Å²) in [5.74, 6) is 1.99. The largest absolute Gasteiger partial charge is 0.208 e. The molecule has 10 rings (SSSR count). The fourth-order valence-electron chi connectivity index (χ4n) is 7.55. The first-order valence-corrected chi connectivity index (χ1v) is 19.1. The predicted octanol–water partition coefficient (Wildman–Crippen LogP) is 13.6. The van der Waals surface area contributed by atoms with Crippen LogP contribution in [-0.4, -0.2) is 15.0 Å². The molecule has 7 aromatic carbocycles. The zero-order chi connectivity index (χ0) is 34.8. The van der Waals surface area contributed by atoms with Crippen molar-refractivity contribution in [3.8, 4) is 56.4 Å². The lowest BCUT2D eigenvalue weighted by Gasteiger charge is -2.17. The van der Waals surface area contributed by atoms with Crippen molar-refractivity contribution in [3.63, 3.8) is 0 Å². The van der Waals surface area contributed by atoms with Crippen molar-refractivity contribution in [1.82, 2.24) is 15.0 Å². The van der Waals surface area contributed by atoms with E-state index in [2.05, 4.69) is 147 Å². The molecule has 3 aromatic heterocycles. The Morgan fingerprint density at radius 2 is 0.981 bits per heavy atom. The van der Waals surface area contributed by atoms with E-state index in [4.69, 9.17) is 15.0 Å². The monoisotopic (exact) mass is 701 g/mol. The van der Waals surface area contributed by atoms with E-state index in [1.807, 2.05) is 40.9 Å². The Bertz CT molecular complexity index is 2990. The summed E-state index contributed by atoms with van der Waals surface area (Å²) in [6.07, 6.45) is 0. The molecule has 0 N–H and O–H groups in total. The van der Waals surface area contributed by atoms with Crippen LogP contribution < -0.4 is 0 Å². The number of hydrogen-bond donors (Lipinski definition) is 0. The molecule has 0 unspecified atom stereocenters. The second-order valence-corrected chi connectivity index (χ2v) is 15.5. The average molecular weight is 702 g/mol. The number of aryl methyl sites for hydroxylation is 2. The van der Waals surface area contributed by atoms with Gasteiger partial charge in [-0.2, -0.15) is 0 Å². The maximum Gasteiger partial charge on any atom is 0.164 e. The second-order valence-electron chi connectivity index (χ2n) is 13.3. The molecule has 0 saturated heterocycles. The normalized spacial score (nSPS) is 11.7. The third-order valence-electron chi connectivity index (χ3n) is 10.0. The van der Waals surface area contributed by atoms with Crippen LogP contribution in [0.3, 0.4) is 0 Å². The van der Waals surface area contributed by atoms with Crippen molar-refractivity contribution in [2.75, 3.05) is 0 Å². The minimum absolute atomic E-state index is 0.659. The Morgan fingerprint density at radius 1 is 0.365 bits per heavy atom. The van der Waals surface area contributed by atoms with Gasteiger partial charge in [0.2, 0.25) is 0 Å². The third-order valence-corrected chi connectivity index (χ3v) is 12.3. The van der Waals surface area contributed by atoms with Crippen LogP contribution in [0.1, 0.15) is 11.1 Å². The molecule has 5 heteroatoms. The van der Waals surface area contributed by atoms with Gasteiger partial charge in [-0.15, -0.1) is 22.7 Å². The third kappa shape index (κ3) is 5.12. The van der Waals surface area contributed by atoms with Crippen molar-refractivity contribution in [3.05, 3.63) is 163 Å². The van der Waals surface area contributed by atoms with Gasteiger partial charge >= 0.3 is 0 Å². The van der Waals surface area contributed by atoms with Crippen molar-refractivity contribution in [2.24, 2.45) is 0 Å². The molecule has 0 aliphatic rings. The average Bonchev–Trinajstić information content (AvgIpc) is 3.76. The van der Waals surface area contributed by atoms with Gasteiger partial charge in [-0.25, -0.2) is 15.0 Å². The van der Waals surface area contributed by atoms with Gasteiger partial charge in [-0.05, 0) is 83.6 Å². The summed E-state index contributed by atoms with van der Waals surface area (Å²) < 4.78 is 5.17. The Balaban J connectivity index is 1.14. The summed E-state index contributed by atoms with van der Waals surface area (Å²) in [4.78, 5) is 15.5. The minimum atomic E-state index is 0.659. The number of hydrogen-bond acceptors (Lipinski definition) is 5. The highest BCUT2D eigenvalue weighted by Crippen LogP contribution is 2.43. The van der Waals surface area contributed by atoms with Gasteiger partial charge in [0, 0.05) is 57.0 Å². The molecule has 0 radical (unpaired) electrons. The van der Waals surface area contributed by atoms with Crippen LogP contribution in [0.4, 0.5) is 0 Å². The molecule has 0 amide bonds. The fraction of sp³-hybridized carbons (Fsp3) is 0.0426. The smallest absolute Gasteiger partial charge is 0.164 e. The number of fused-ring (bicyclic) bond motifs is 6. The molecule has 0 atom stereocenters. The lowest BCUT2D eigenvalue weighted by Crippen LogP contribution is -2.02. The summed E-state index contributed by atoms with van der Waals surface area (Å²) in [7, 11) is 0. The van der Waals surface area contributed by atoms with Crippen molar-refractivity contribution in [1.29, 1.82) is 0 Å². The van der Waals surface area contributed by atoms with E-state index in [-0.39, 0.29) is 0 Å². The highest BCUT2D eigenvalue weighted by Gasteiger charge is 2.20. The van der Waals surface area contributed by atoms with Crippen LogP contribution in [0.2, 0.25) is 0 Å². The molecule has 0 spiro atoms. The van der Waals surface area contributed by atoms with E-state index in [1.165, 1.54) is 68.2 Å². The van der Waals surface area contributed by atoms with Crippen LogP contribution in [-0.2, 0) is 0 Å². The summed E-state index contributed by atoms with van der Waals surface area (Å²) >= 11 is 3.67. The molecule has 0 aliphatic carbocycles. The molecule has 3 heterocycles. The molecule has 0 fully saturated rings. The molecule has 10 aromatic rings. The molecular formula is C47H31N3S2. The van der Waals surface area contributed by atoms with Gasteiger partial charge in [0.05, 0.1) is 0 Å². The number of nitrogens with zero attached hydrogens (tertiary/aromatic N) is 3. The van der Waals surface area contributed by atoms with Crippen LogP contribution >= 0.6 is 22.7 Å². The van der Waals surface area contributed by atoms with E-state index in [9.17, 15) is 0 Å². The van der Waals surface area contributed by atoms with E-state index in [0.29, 0.717) is 17.5 Å². The van der Waals surface area contributed by atoms with Gasteiger partial charge in [-0.1, -0.05) is 115 Å². The van der Waals surface area contributed by atoms with Gasteiger partial charge in [0.1, 0.15) is 0 Å². The Morgan fingerprint density at radius 3 is 1.81 bits per heavy atom. The summed E-state index contributed by atoms with van der Waals surface area (Å²) in [5, 5.41) is 5.11. The summed E-state index contributed by atoms with van der Waals surface area (Å²) in [5.41, 5.74) is 10.1. The van der Waals surface area contributed by atoms with Gasteiger partial charge < -0.3 is 0 Å². The predicted molar refractivity (Wildman–Crippen MR) is 222 cm³/mol. The van der Waals surface area contributed by atoms with E-state index in [1.54, 1.807) is 0 Å². The topological polar surface area (TPSA) is 38.7 Å². The van der Waals surface area contributed by atoms with Crippen molar-refractivity contribution < 1.29 is 0 Å². The Labute approximate surface area is 309 Å². The first kappa shape index (κ1) is 30.8. The van der Waals surface area contributed by atoms with Crippen LogP contribution in [0.5, 0.6) is 0 Å². The fourth-order valence-corrected chi connectivity index (χ4v) is 9.76. The first-order chi connectivity index (χ1) is 25.6. The molecule has 0 saturated carbocycles. The van der Waals surface area contributed by atoms with Crippen LogP contribution in [0.25, 0.3) is 96.8 Å². The number of benzene rings is 7. The maximum absolute atomic E-state index is 5.23. The minimum Gasteiger partial charge on any atom is -0.208 e. The van der Waals surface area contributed by atoms with Crippen LogP contribution in [0, 0.1) is 13.8 Å². The highest BCUT2D eigenvalue weighted by molar-refractivity contribution is 7.26. The SMILES string of the molecule is Cc1cc(-c2cccc3sc4ccccc4c23)ccc1-c1c(C)cccc1-c1nc(-c2ccccc2)nc(-c2ccc3sc4ccccc4c3c2)n1. The quantitative estimate of drug-likeness (QED) is 0.179. The number of aromatic nitrogens is 3. The first-order valence-electron chi connectivity index (χ1n) is 17.4. The van der Waals surface area contributed by atoms with Crippen molar-refractivity contribution >= 4 is 63.0 Å². The van der Waals surface area contributed by atoms with E-state index >= 15 is 0 Å².